The standard InChI is InChI=1S/C12H12BrFN2O/c1-2-16-7-6-15-12(16)11(17)10-8(13)4-3-5-9(10)14/h3-7,11,17H,2H2,1H3. The van der Waals surface area contributed by atoms with Gasteiger partial charge < -0.3 is 9.67 Å². The number of nitrogens with zero attached hydrogens (tertiary/aromatic N) is 2. The summed E-state index contributed by atoms with van der Waals surface area (Å²) in [6.07, 6.45) is 2.28. The molecule has 0 fully saturated rings. The molecule has 1 heterocycles. The first-order chi connectivity index (χ1) is 8.15. The summed E-state index contributed by atoms with van der Waals surface area (Å²) >= 11 is 3.24. The lowest BCUT2D eigenvalue weighted by Gasteiger charge is -2.14. The first kappa shape index (κ1) is 12.3. The van der Waals surface area contributed by atoms with Crippen molar-refractivity contribution in [3.05, 3.63) is 52.3 Å². The molecule has 0 aliphatic rings. The number of rotatable bonds is 3. The number of hydrogen-bond acceptors (Lipinski definition) is 2. The smallest absolute Gasteiger partial charge is 0.142 e. The van der Waals surface area contributed by atoms with Gasteiger partial charge >= 0.3 is 0 Å². The van der Waals surface area contributed by atoms with E-state index in [0.29, 0.717) is 16.8 Å². The molecule has 1 unspecified atom stereocenters. The number of aliphatic hydroxyl groups is 1. The van der Waals surface area contributed by atoms with Crippen molar-refractivity contribution >= 4 is 15.9 Å². The van der Waals surface area contributed by atoms with E-state index in [0.717, 1.165) is 0 Å². The van der Waals surface area contributed by atoms with E-state index in [-0.39, 0.29) is 5.56 Å². The molecule has 0 saturated heterocycles. The summed E-state index contributed by atoms with van der Waals surface area (Å²) in [6, 6.07) is 4.60. The lowest BCUT2D eigenvalue weighted by Crippen LogP contribution is -2.11. The largest absolute Gasteiger partial charge is 0.380 e. The van der Waals surface area contributed by atoms with E-state index in [1.807, 2.05) is 6.92 Å². The minimum Gasteiger partial charge on any atom is -0.380 e. The summed E-state index contributed by atoms with van der Waals surface area (Å²) < 4.78 is 16.0. The summed E-state index contributed by atoms with van der Waals surface area (Å²) in [7, 11) is 0. The fraction of sp³-hybridized carbons (Fsp3) is 0.250. The van der Waals surface area contributed by atoms with E-state index in [9.17, 15) is 9.50 Å². The second-order valence-electron chi connectivity index (χ2n) is 3.61. The SMILES string of the molecule is CCn1ccnc1C(O)c1c(F)cccc1Br. The monoisotopic (exact) mass is 298 g/mol. The lowest BCUT2D eigenvalue weighted by atomic mass is 10.1. The van der Waals surface area contributed by atoms with Crippen LogP contribution >= 0.6 is 15.9 Å². The number of benzene rings is 1. The molecule has 17 heavy (non-hydrogen) atoms. The van der Waals surface area contributed by atoms with Gasteiger partial charge in [-0.2, -0.15) is 0 Å². The van der Waals surface area contributed by atoms with E-state index in [4.69, 9.17) is 0 Å². The third kappa shape index (κ3) is 2.25. The molecule has 2 rings (SSSR count). The van der Waals surface area contributed by atoms with Gasteiger partial charge in [-0.15, -0.1) is 0 Å². The summed E-state index contributed by atoms with van der Waals surface area (Å²) in [5.74, 6) is -0.00386. The van der Waals surface area contributed by atoms with Gasteiger partial charge in [0.1, 0.15) is 17.7 Å². The number of aromatic nitrogens is 2. The van der Waals surface area contributed by atoms with Crippen LogP contribution in [0.4, 0.5) is 4.39 Å². The summed E-state index contributed by atoms with van der Waals surface area (Å²) in [5.41, 5.74) is 0.216. The van der Waals surface area contributed by atoms with Gasteiger partial charge in [-0.05, 0) is 19.1 Å². The van der Waals surface area contributed by atoms with Crippen molar-refractivity contribution in [1.82, 2.24) is 9.55 Å². The molecule has 0 aliphatic carbocycles. The van der Waals surface area contributed by atoms with Gasteiger partial charge in [0, 0.05) is 29.0 Å². The van der Waals surface area contributed by atoms with E-state index >= 15 is 0 Å². The van der Waals surface area contributed by atoms with Gasteiger partial charge in [0.15, 0.2) is 0 Å². The summed E-state index contributed by atoms with van der Waals surface area (Å²) in [4.78, 5) is 4.07. The molecule has 0 aliphatic heterocycles. The van der Waals surface area contributed by atoms with Crippen molar-refractivity contribution in [2.45, 2.75) is 19.6 Å². The topological polar surface area (TPSA) is 38.0 Å². The molecule has 0 amide bonds. The Hall–Kier alpha value is -1.20. The minimum atomic E-state index is -1.07. The number of hydrogen-bond donors (Lipinski definition) is 1. The molecule has 1 N–H and O–H groups in total. The van der Waals surface area contributed by atoms with Crippen LogP contribution in [0.25, 0.3) is 0 Å². The van der Waals surface area contributed by atoms with Gasteiger partial charge in [0.05, 0.1) is 0 Å². The number of aryl methyl sites for hydroxylation is 1. The first-order valence-corrected chi connectivity index (χ1v) is 6.07. The molecular weight excluding hydrogens is 287 g/mol. The van der Waals surface area contributed by atoms with Crippen LogP contribution in [0.3, 0.4) is 0 Å². The molecule has 2 aromatic rings. The van der Waals surface area contributed by atoms with Crippen molar-refractivity contribution in [1.29, 1.82) is 0 Å². The molecule has 0 radical (unpaired) electrons. The van der Waals surface area contributed by atoms with E-state index < -0.39 is 11.9 Å². The molecule has 3 nitrogen and oxygen atoms in total. The molecule has 90 valence electrons. The third-order valence-electron chi connectivity index (χ3n) is 2.61. The molecular formula is C12H12BrFN2O. The van der Waals surface area contributed by atoms with Gasteiger partial charge in [-0.25, -0.2) is 9.37 Å². The zero-order chi connectivity index (χ0) is 12.4. The minimum absolute atomic E-state index is 0.216. The van der Waals surface area contributed by atoms with Crippen LogP contribution in [0, 0.1) is 5.82 Å². The molecule has 0 saturated carbocycles. The van der Waals surface area contributed by atoms with Crippen molar-refractivity contribution in [2.75, 3.05) is 0 Å². The van der Waals surface area contributed by atoms with Crippen LogP contribution in [0.2, 0.25) is 0 Å². The molecule has 1 atom stereocenters. The highest BCUT2D eigenvalue weighted by Crippen LogP contribution is 2.29. The maximum Gasteiger partial charge on any atom is 0.142 e. The molecule has 1 aromatic carbocycles. The highest BCUT2D eigenvalue weighted by molar-refractivity contribution is 9.10. The van der Waals surface area contributed by atoms with Crippen LogP contribution in [0.5, 0.6) is 0 Å². The summed E-state index contributed by atoms with van der Waals surface area (Å²) in [6.45, 7) is 2.62. The van der Waals surface area contributed by atoms with Crippen LogP contribution in [0.1, 0.15) is 24.4 Å². The second-order valence-corrected chi connectivity index (χ2v) is 4.46. The van der Waals surface area contributed by atoms with Crippen LogP contribution in [0.15, 0.2) is 35.1 Å². The van der Waals surface area contributed by atoms with Crippen LogP contribution < -0.4 is 0 Å². The van der Waals surface area contributed by atoms with Gasteiger partial charge in [-0.3, -0.25) is 0 Å². The van der Waals surface area contributed by atoms with E-state index in [1.165, 1.54) is 6.07 Å². The zero-order valence-electron chi connectivity index (χ0n) is 9.27. The molecule has 1 aromatic heterocycles. The quantitative estimate of drug-likeness (QED) is 0.946. The van der Waals surface area contributed by atoms with Gasteiger partial charge in [0.25, 0.3) is 0 Å². The average molecular weight is 299 g/mol. The molecule has 5 heteroatoms. The first-order valence-electron chi connectivity index (χ1n) is 5.28. The number of imidazole rings is 1. The maximum absolute atomic E-state index is 13.7. The van der Waals surface area contributed by atoms with Crippen LogP contribution in [-0.4, -0.2) is 14.7 Å². The normalized spacial score (nSPS) is 12.7. The Morgan fingerprint density at radius 2 is 2.29 bits per heavy atom. The molecule has 0 bridgehead atoms. The summed E-state index contributed by atoms with van der Waals surface area (Å²) in [5, 5.41) is 10.2. The predicted octanol–water partition coefficient (Wildman–Crippen LogP) is 2.89. The van der Waals surface area contributed by atoms with Gasteiger partial charge in [-0.1, -0.05) is 22.0 Å². The average Bonchev–Trinajstić information content (AvgIpc) is 2.76. The maximum atomic E-state index is 13.7. The fourth-order valence-corrected chi connectivity index (χ4v) is 2.30. The third-order valence-corrected chi connectivity index (χ3v) is 3.30. The fourth-order valence-electron chi connectivity index (χ4n) is 1.74. The Balaban J connectivity index is 2.47. The Morgan fingerprint density at radius 3 is 2.94 bits per heavy atom. The Kier molecular flexibility index (Phi) is 3.59. The number of aliphatic hydroxyl groups excluding tert-OH is 1. The highest BCUT2D eigenvalue weighted by Gasteiger charge is 2.21. The van der Waals surface area contributed by atoms with Crippen molar-refractivity contribution < 1.29 is 9.50 Å². The lowest BCUT2D eigenvalue weighted by molar-refractivity contribution is 0.199. The Morgan fingerprint density at radius 1 is 1.53 bits per heavy atom. The highest BCUT2D eigenvalue weighted by atomic mass is 79.9. The van der Waals surface area contributed by atoms with Crippen molar-refractivity contribution in [3.8, 4) is 0 Å². The predicted molar refractivity (Wildman–Crippen MR) is 66.1 cm³/mol. The Bertz CT molecular complexity index is 507. The van der Waals surface area contributed by atoms with E-state index in [2.05, 4.69) is 20.9 Å². The van der Waals surface area contributed by atoms with Gasteiger partial charge in [0.2, 0.25) is 0 Å². The van der Waals surface area contributed by atoms with Crippen molar-refractivity contribution in [2.24, 2.45) is 0 Å². The Labute approximate surface area is 107 Å². The van der Waals surface area contributed by atoms with E-state index in [1.54, 1.807) is 29.1 Å². The second kappa shape index (κ2) is 4.98. The molecule has 0 spiro atoms. The van der Waals surface area contributed by atoms with Crippen LogP contribution in [-0.2, 0) is 6.54 Å². The zero-order valence-corrected chi connectivity index (χ0v) is 10.9. The number of halogens is 2. The van der Waals surface area contributed by atoms with Crippen molar-refractivity contribution in [3.63, 3.8) is 0 Å².